The third-order valence-electron chi connectivity index (χ3n) is 5.98. The second kappa shape index (κ2) is 9.43. The molecular formula is C28H28N2O4. The molecule has 3 aromatic carbocycles. The zero-order valence-corrected chi connectivity index (χ0v) is 20.1. The Morgan fingerprint density at radius 1 is 0.853 bits per heavy atom. The summed E-state index contributed by atoms with van der Waals surface area (Å²) in [6, 6.07) is 20.8. The standard InChI is InChI=1S/C28H28N2O4/c1-18-11-13-22(19(2)15-18)25-26(29(3)17-20-9-7-6-8-10-20)28(32)30(27(25)31)23-16-21(33-4)12-14-24(23)34-5/h6-16H,17H2,1-5H3. The van der Waals surface area contributed by atoms with Gasteiger partial charge in [0, 0.05) is 19.7 Å². The molecule has 6 heteroatoms. The van der Waals surface area contributed by atoms with Crippen LogP contribution in [0.3, 0.4) is 0 Å². The van der Waals surface area contributed by atoms with E-state index in [1.165, 1.54) is 19.1 Å². The van der Waals surface area contributed by atoms with Crippen LogP contribution in [0.15, 0.2) is 72.4 Å². The lowest BCUT2D eigenvalue weighted by Crippen LogP contribution is -2.34. The fraction of sp³-hybridized carbons (Fsp3) is 0.214. The molecule has 6 nitrogen and oxygen atoms in total. The van der Waals surface area contributed by atoms with Gasteiger partial charge in [0.25, 0.3) is 11.8 Å². The molecule has 3 aromatic rings. The van der Waals surface area contributed by atoms with Crippen molar-refractivity contribution in [3.8, 4) is 11.5 Å². The number of likely N-dealkylation sites (N-methyl/N-ethyl adjacent to an activating group) is 1. The number of ether oxygens (including phenoxy) is 2. The van der Waals surface area contributed by atoms with Crippen molar-refractivity contribution in [1.29, 1.82) is 0 Å². The summed E-state index contributed by atoms with van der Waals surface area (Å²) in [7, 11) is 4.89. The Labute approximate surface area is 200 Å². The Hall–Kier alpha value is -4.06. The summed E-state index contributed by atoms with van der Waals surface area (Å²) >= 11 is 0. The largest absolute Gasteiger partial charge is 0.497 e. The SMILES string of the molecule is COc1ccc(OC)c(N2C(=O)C(c3ccc(C)cc3C)=C(N(C)Cc3ccccc3)C2=O)c1. The molecule has 0 unspecified atom stereocenters. The van der Waals surface area contributed by atoms with Gasteiger partial charge in [0.1, 0.15) is 17.2 Å². The summed E-state index contributed by atoms with van der Waals surface area (Å²) in [5.41, 5.74) is 4.88. The molecule has 0 aromatic heterocycles. The molecule has 0 N–H and O–H groups in total. The van der Waals surface area contributed by atoms with Crippen molar-refractivity contribution in [3.05, 3.63) is 94.7 Å². The number of carbonyl (C=O) groups excluding carboxylic acids is 2. The lowest BCUT2D eigenvalue weighted by molar-refractivity contribution is -0.120. The smallest absolute Gasteiger partial charge is 0.282 e. The van der Waals surface area contributed by atoms with Crippen molar-refractivity contribution in [2.75, 3.05) is 26.2 Å². The van der Waals surface area contributed by atoms with Crippen molar-refractivity contribution in [1.82, 2.24) is 4.90 Å². The van der Waals surface area contributed by atoms with Gasteiger partial charge in [-0.2, -0.15) is 0 Å². The molecule has 1 aliphatic rings. The van der Waals surface area contributed by atoms with E-state index >= 15 is 0 Å². The number of carbonyl (C=O) groups is 2. The Balaban J connectivity index is 1.87. The number of hydrogen-bond acceptors (Lipinski definition) is 5. The van der Waals surface area contributed by atoms with E-state index in [-0.39, 0.29) is 0 Å². The quantitative estimate of drug-likeness (QED) is 0.481. The normalized spacial score (nSPS) is 13.5. The molecular weight excluding hydrogens is 428 g/mol. The average Bonchev–Trinajstić information content (AvgIpc) is 3.09. The van der Waals surface area contributed by atoms with Crippen LogP contribution in [0.1, 0.15) is 22.3 Å². The van der Waals surface area contributed by atoms with E-state index in [1.54, 1.807) is 18.2 Å². The second-order valence-corrected chi connectivity index (χ2v) is 8.37. The minimum absolute atomic E-state index is 0.349. The number of benzene rings is 3. The first-order valence-corrected chi connectivity index (χ1v) is 11.0. The lowest BCUT2D eigenvalue weighted by atomic mass is 9.97. The van der Waals surface area contributed by atoms with Gasteiger partial charge in [0.05, 0.1) is 25.5 Å². The van der Waals surface area contributed by atoms with Crippen molar-refractivity contribution in [2.24, 2.45) is 0 Å². The summed E-state index contributed by atoms with van der Waals surface area (Å²) in [6.07, 6.45) is 0. The molecule has 0 fully saturated rings. The Morgan fingerprint density at radius 3 is 2.24 bits per heavy atom. The minimum Gasteiger partial charge on any atom is -0.497 e. The Morgan fingerprint density at radius 2 is 1.59 bits per heavy atom. The topological polar surface area (TPSA) is 59.1 Å². The summed E-state index contributed by atoms with van der Waals surface area (Å²) in [4.78, 5) is 30.8. The number of imide groups is 1. The fourth-order valence-electron chi connectivity index (χ4n) is 4.34. The fourth-order valence-corrected chi connectivity index (χ4v) is 4.34. The van der Waals surface area contributed by atoms with Crippen LogP contribution in [0, 0.1) is 13.8 Å². The number of methoxy groups -OCH3 is 2. The van der Waals surface area contributed by atoms with E-state index in [0.29, 0.717) is 35.0 Å². The van der Waals surface area contributed by atoms with Crippen LogP contribution in [-0.4, -0.2) is 38.0 Å². The highest BCUT2D eigenvalue weighted by Crippen LogP contribution is 2.41. The molecule has 0 saturated heterocycles. The van der Waals surface area contributed by atoms with Crippen LogP contribution in [0.5, 0.6) is 11.5 Å². The van der Waals surface area contributed by atoms with Gasteiger partial charge >= 0.3 is 0 Å². The molecule has 4 rings (SSSR count). The van der Waals surface area contributed by atoms with Gasteiger partial charge in [-0.1, -0.05) is 54.1 Å². The van der Waals surface area contributed by atoms with E-state index in [0.717, 1.165) is 22.3 Å². The summed E-state index contributed by atoms with van der Waals surface area (Å²) < 4.78 is 10.8. The molecule has 0 aliphatic carbocycles. The predicted molar refractivity (Wildman–Crippen MR) is 133 cm³/mol. The Kier molecular flexibility index (Phi) is 6.41. The maximum Gasteiger partial charge on any atom is 0.282 e. The van der Waals surface area contributed by atoms with Gasteiger partial charge in [-0.05, 0) is 42.7 Å². The van der Waals surface area contributed by atoms with Crippen molar-refractivity contribution in [2.45, 2.75) is 20.4 Å². The van der Waals surface area contributed by atoms with Crippen molar-refractivity contribution < 1.29 is 19.1 Å². The molecule has 1 heterocycles. The monoisotopic (exact) mass is 456 g/mol. The summed E-state index contributed by atoms with van der Waals surface area (Å²) in [5, 5.41) is 0. The van der Waals surface area contributed by atoms with Gasteiger partial charge in [-0.3, -0.25) is 9.59 Å². The van der Waals surface area contributed by atoms with Gasteiger partial charge in [0.15, 0.2) is 0 Å². The molecule has 174 valence electrons. The van der Waals surface area contributed by atoms with Gasteiger partial charge in [0.2, 0.25) is 0 Å². The van der Waals surface area contributed by atoms with Crippen molar-refractivity contribution in [3.63, 3.8) is 0 Å². The highest BCUT2D eigenvalue weighted by atomic mass is 16.5. The van der Waals surface area contributed by atoms with Gasteiger partial charge in [-0.15, -0.1) is 0 Å². The van der Waals surface area contributed by atoms with E-state index < -0.39 is 11.8 Å². The first-order valence-electron chi connectivity index (χ1n) is 11.0. The van der Waals surface area contributed by atoms with E-state index in [9.17, 15) is 9.59 Å². The molecule has 1 aliphatic heterocycles. The van der Waals surface area contributed by atoms with Crippen LogP contribution >= 0.6 is 0 Å². The maximum absolute atomic E-state index is 13.9. The first kappa shape index (κ1) is 23.1. The predicted octanol–water partition coefficient (Wildman–Crippen LogP) is 4.74. The third kappa shape index (κ3) is 4.15. The molecule has 2 amide bonds. The number of hydrogen-bond donors (Lipinski definition) is 0. The third-order valence-corrected chi connectivity index (χ3v) is 5.98. The number of aryl methyl sites for hydroxylation is 2. The van der Waals surface area contributed by atoms with E-state index in [1.807, 2.05) is 74.3 Å². The number of nitrogens with zero attached hydrogens (tertiary/aromatic N) is 2. The Bertz CT molecular complexity index is 1280. The molecule has 0 saturated carbocycles. The molecule has 0 bridgehead atoms. The van der Waals surface area contributed by atoms with Gasteiger partial charge in [-0.25, -0.2) is 4.90 Å². The van der Waals surface area contributed by atoms with Crippen LogP contribution in [-0.2, 0) is 16.1 Å². The van der Waals surface area contributed by atoms with Crippen LogP contribution < -0.4 is 14.4 Å². The zero-order chi connectivity index (χ0) is 24.4. The van der Waals surface area contributed by atoms with Crippen molar-refractivity contribution >= 4 is 23.1 Å². The number of amides is 2. The summed E-state index contributed by atoms with van der Waals surface area (Å²) in [6.45, 7) is 4.44. The van der Waals surface area contributed by atoms with Crippen LogP contribution in [0.4, 0.5) is 5.69 Å². The highest BCUT2D eigenvalue weighted by molar-refractivity contribution is 6.45. The minimum atomic E-state index is -0.398. The number of anilines is 1. The van der Waals surface area contributed by atoms with E-state index in [4.69, 9.17) is 9.47 Å². The van der Waals surface area contributed by atoms with Gasteiger partial charge < -0.3 is 14.4 Å². The molecule has 0 radical (unpaired) electrons. The molecule has 0 spiro atoms. The number of rotatable bonds is 7. The average molecular weight is 457 g/mol. The van der Waals surface area contributed by atoms with E-state index in [2.05, 4.69) is 0 Å². The summed E-state index contributed by atoms with van der Waals surface area (Å²) in [5.74, 6) is 0.147. The highest BCUT2D eigenvalue weighted by Gasteiger charge is 2.43. The van der Waals surface area contributed by atoms with Crippen LogP contribution in [0.2, 0.25) is 0 Å². The van der Waals surface area contributed by atoms with Crippen LogP contribution in [0.25, 0.3) is 5.57 Å². The maximum atomic E-state index is 13.9. The molecule has 34 heavy (non-hydrogen) atoms. The zero-order valence-electron chi connectivity index (χ0n) is 20.1. The second-order valence-electron chi connectivity index (χ2n) is 8.37. The molecule has 0 atom stereocenters. The lowest BCUT2D eigenvalue weighted by Gasteiger charge is -2.22. The first-order chi connectivity index (χ1) is 16.3.